The van der Waals surface area contributed by atoms with E-state index in [2.05, 4.69) is 5.32 Å². The van der Waals surface area contributed by atoms with Crippen molar-refractivity contribution in [3.63, 3.8) is 0 Å². The van der Waals surface area contributed by atoms with Crippen LogP contribution in [0.4, 0.5) is 4.79 Å². The van der Waals surface area contributed by atoms with Crippen LogP contribution in [0.5, 0.6) is 0 Å². The molecule has 2 rings (SSSR count). The number of alkyl carbamates (subject to hydrolysis) is 1. The van der Waals surface area contributed by atoms with Crippen LogP contribution in [-0.2, 0) is 77.8 Å². The van der Waals surface area contributed by atoms with E-state index in [-0.39, 0.29) is 24.7 Å². The highest BCUT2D eigenvalue weighted by Gasteiger charge is 2.14. The summed E-state index contributed by atoms with van der Waals surface area (Å²) < 4.78 is 94.3. The van der Waals surface area contributed by atoms with Crippen molar-refractivity contribution in [1.82, 2.24) is 5.32 Å². The van der Waals surface area contributed by atoms with E-state index in [1.54, 1.807) is 12.1 Å². The van der Waals surface area contributed by atoms with Gasteiger partial charge in [0.1, 0.15) is 6.61 Å². The molecule has 0 aliphatic heterocycles. The van der Waals surface area contributed by atoms with Crippen molar-refractivity contribution in [2.24, 2.45) is 0 Å². The summed E-state index contributed by atoms with van der Waals surface area (Å²) in [4.78, 5) is 11.8. The first-order valence-electron chi connectivity index (χ1n) is 19.2. The fraction of sp³-hybridized carbons (Fsp3) is 0.667. The molecule has 0 fully saturated rings. The van der Waals surface area contributed by atoms with Crippen LogP contribution < -0.4 is 5.32 Å². The molecule has 0 atom stereocenters. The minimum atomic E-state index is -3.78. The monoisotopic (exact) mass is 833 g/mol. The quantitative estimate of drug-likeness (QED) is 0.0764. The smallest absolute Gasteiger partial charge is 0.407 e. The molecule has 0 aromatic heterocycles. The first-order valence-corrected chi connectivity index (χ1v) is 20.6. The highest BCUT2D eigenvalue weighted by atomic mass is 32.2. The van der Waals surface area contributed by atoms with Gasteiger partial charge in [0.2, 0.25) is 0 Å². The average molecular weight is 834 g/mol. The Bertz CT molecular complexity index is 1310. The third kappa shape index (κ3) is 30.9. The summed E-state index contributed by atoms with van der Waals surface area (Å²) in [5.74, 6) is 0. The molecule has 0 spiro atoms. The standard InChI is InChI=1S/C39H63NO16S/c1-36-7-9-38(10-8-36)57(42,43)56-34-33-54-32-31-53-30-29-52-28-27-51-26-25-50-24-23-49-22-21-48-20-19-47-18-17-46-16-15-45-14-13-44-12-11-40-39(41)55-35-37-5-3-2-4-6-37/h2-10H,11-35H2,1H3,(H,40,41). The molecule has 326 valence electrons. The molecule has 0 saturated heterocycles. The summed E-state index contributed by atoms with van der Waals surface area (Å²) in [7, 11) is -3.78. The lowest BCUT2D eigenvalue weighted by molar-refractivity contribution is -0.0276. The highest BCUT2D eigenvalue weighted by molar-refractivity contribution is 7.86. The van der Waals surface area contributed by atoms with Crippen molar-refractivity contribution in [3.8, 4) is 0 Å². The van der Waals surface area contributed by atoms with E-state index in [1.165, 1.54) is 12.1 Å². The largest absolute Gasteiger partial charge is 0.445 e. The number of ether oxygens (including phenoxy) is 12. The van der Waals surface area contributed by atoms with Gasteiger partial charge in [0.25, 0.3) is 10.1 Å². The SMILES string of the molecule is Cc1ccc(S(=O)(=O)OCCOCCOCCOCCOCCOCCOCCOCCOCCOCCOCCOCCNC(=O)OCc2ccccc2)cc1. The Hall–Kier alpha value is -2.82. The highest BCUT2D eigenvalue weighted by Crippen LogP contribution is 2.13. The van der Waals surface area contributed by atoms with Crippen molar-refractivity contribution in [2.45, 2.75) is 18.4 Å². The molecule has 0 unspecified atom stereocenters. The normalized spacial score (nSPS) is 11.6. The second-order valence-electron chi connectivity index (χ2n) is 11.8. The van der Waals surface area contributed by atoms with E-state index >= 15 is 0 Å². The Balaban J connectivity index is 1.16. The van der Waals surface area contributed by atoms with E-state index < -0.39 is 16.2 Å². The molecular formula is C39H63NO16S. The zero-order valence-electron chi connectivity index (χ0n) is 33.3. The predicted octanol–water partition coefficient (Wildman–Crippen LogP) is 2.81. The molecule has 0 aliphatic carbocycles. The molecule has 0 saturated carbocycles. The van der Waals surface area contributed by atoms with E-state index in [0.29, 0.717) is 145 Å². The van der Waals surface area contributed by atoms with Crippen molar-refractivity contribution in [1.29, 1.82) is 0 Å². The minimum absolute atomic E-state index is 0.0659. The maximum atomic E-state index is 12.1. The number of nitrogens with one attached hydrogen (secondary N) is 1. The summed E-state index contributed by atoms with van der Waals surface area (Å²) in [6.45, 7) is 11.8. The molecule has 2 aromatic carbocycles. The molecule has 0 aliphatic rings. The van der Waals surface area contributed by atoms with Crippen molar-refractivity contribution >= 4 is 16.2 Å². The molecule has 0 bridgehead atoms. The molecule has 17 nitrogen and oxygen atoms in total. The van der Waals surface area contributed by atoms with Crippen LogP contribution in [0.3, 0.4) is 0 Å². The number of aryl methyl sites for hydroxylation is 1. The first kappa shape index (κ1) is 50.3. The zero-order chi connectivity index (χ0) is 40.8. The van der Waals surface area contributed by atoms with Crippen LogP contribution >= 0.6 is 0 Å². The topological polar surface area (TPSA) is 183 Å². The number of carbonyl (C=O) groups excluding carboxylic acids is 1. The van der Waals surface area contributed by atoms with Gasteiger partial charge in [-0.05, 0) is 24.6 Å². The summed E-state index contributed by atoms with van der Waals surface area (Å²) >= 11 is 0. The van der Waals surface area contributed by atoms with Gasteiger partial charge in [-0.2, -0.15) is 8.42 Å². The fourth-order valence-corrected chi connectivity index (χ4v) is 5.17. The lowest BCUT2D eigenvalue weighted by atomic mass is 10.2. The molecule has 0 heterocycles. The summed E-state index contributed by atoms with van der Waals surface area (Å²) in [6.07, 6.45) is -0.476. The molecule has 18 heteroatoms. The van der Waals surface area contributed by atoms with Crippen molar-refractivity contribution in [3.05, 3.63) is 65.7 Å². The zero-order valence-corrected chi connectivity index (χ0v) is 34.1. The second-order valence-corrected chi connectivity index (χ2v) is 13.4. The molecule has 0 radical (unpaired) electrons. The maximum absolute atomic E-state index is 12.1. The number of rotatable bonds is 40. The van der Waals surface area contributed by atoms with Crippen LogP contribution in [0.25, 0.3) is 0 Å². The maximum Gasteiger partial charge on any atom is 0.407 e. The van der Waals surface area contributed by atoms with Crippen LogP contribution in [0, 0.1) is 6.92 Å². The number of hydrogen-bond donors (Lipinski definition) is 1. The Kier molecular flexibility index (Phi) is 32.0. The van der Waals surface area contributed by atoms with Crippen molar-refractivity contribution < 1.29 is 74.2 Å². The third-order valence-corrected chi connectivity index (χ3v) is 8.55. The van der Waals surface area contributed by atoms with Gasteiger partial charge in [0, 0.05) is 6.54 Å². The van der Waals surface area contributed by atoms with Gasteiger partial charge >= 0.3 is 6.09 Å². The summed E-state index contributed by atoms with van der Waals surface area (Å²) in [5.41, 5.74) is 1.90. The first-order chi connectivity index (χ1) is 28.0. The van der Waals surface area contributed by atoms with Crippen LogP contribution in [0.15, 0.2) is 59.5 Å². The molecule has 57 heavy (non-hydrogen) atoms. The van der Waals surface area contributed by atoms with Crippen LogP contribution in [-0.4, -0.2) is 173 Å². The van der Waals surface area contributed by atoms with Gasteiger partial charge < -0.3 is 62.2 Å². The Morgan fingerprint density at radius 1 is 0.456 bits per heavy atom. The molecule has 2 aromatic rings. The number of hydrogen-bond acceptors (Lipinski definition) is 16. The van der Waals surface area contributed by atoms with Gasteiger partial charge in [0.05, 0.1) is 157 Å². The Morgan fingerprint density at radius 3 is 1.16 bits per heavy atom. The van der Waals surface area contributed by atoms with E-state index in [9.17, 15) is 13.2 Å². The molecular weight excluding hydrogens is 770 g/mol. The Labute approximate surface area is 337 Å². The predicted molar refractivity (Wildman–Crippen MR) is 208 cm³/mol. The second kappa shape index (κ2) is 36.3. The number of carbonyl (C=O) groups is 1. The lowest BCUT2D eigenvalue weighted by Crippen LogP contribution is -2.28. The van der Waals surface area contributed by atoms with Gasteiger partial charge in [-0.3, -0.25) is 4.18 Å². The Morgan fingerprint density at radius 2 is 0.789 bits per heavy atom. The summed E-state index contributed by atoms with van der Waals surface area (Å²) in [6, 6.07) is 16.0. The van der Waals surface area contributed by atoms with Crippen molar-refractivity contribution in [2.75, 3.05) is 159 Å². The lowest BCUT2D eigenvalue weighted by Gasteiger charge is -2.09. The number of amides is 1. The van der Waals surface area contributed by atoms with Crippen LogP contribution in [0.1, 0.15) is 11.1 Å². The average Bonchev–Trinajstić information content (AvgIpc) is 3.21. The van der Waals surface area contributed by atoms with Gasteiger partial charge in [-0.15, -0.1) is 0 Å². The van der Waals surface area contributed by atoms with E-state index in [1.807, 2.05) is 37.3 Å². The summed E-state index contributed by atoms with van der Waals surface area (Å²) in [5, 5.41) is 2.64. The third-order valence-electron chi connectivity index (χ3n) is 7.22. The van der Waals surface area contributed by atoms with Crippen LogP contribution in [0.2, 0.25) is 0 Å². The molecule has 1 amide bonds. The van der Waals surface area contributed by atoms with Gasteiger partial charge in [-0.25, -0.2) is 4.79 Å². The van der Waals surface area contributed by atoms with E-state index in [4.69, 9.17) is 61.0 Å². The van der Waals surface area contributed by atoms with E-state index in [0.717, 1.165) is 11.1 Å². The van der Waals surface area contributed by atoms with Gasteiger partial charge in [-0.1, -0.05) is 48.0 Å². The fourth-order valence-electron chi connectivity index (χ4n) is 4.28. The van der Waals surface area contributed by atoms with Gasteiger partial charge in [0.15, 0.2) is 0 Å². The minimum Gasteiger partial charge on any atom is -0.445 e. The number of benzene rings is 2. The molecule has 1 N–H and O–H groups in total.